The van der Waals surface area contributed by atoms with E-state index in [0.717, 1.165) is 12.2 Å². The van der Waals surface area contributed by atoms with E-state index < -0.39 is 5.54 Å². The van der Waals surface area contributed by atoms with Crippen molar-refractivity contribution in [2.45, 2.75) is 19.4 Å². The Kier molecular flexibility index (Phi) is 3.93. The Morgan fingerprint density at radius 1 is 1.40 bits per heavy atom. The number of halogens is 1. The van der Waals surface area contributed by atoms with Gasteiger partial charge in [-0.05, 0) is 32.0 Å². The number of carbonyl (C=O) groups excluding carboxylic acids is 1. The van der Waals surface area contributed by atoms with Crippen molar-refractivity contribution in [3.8, 4) is 0 Å². The number of thiocarbonyl (C=S) groups is 1. The van der Waals surface area contributed by atoms with E-state index >= 15 is 0 Å². The van der Waals surface area contributed by atoms with Crippen LogP contribution in [0.2, 0.25) is 5.02 Å². The molecule has 4 nitrogen and oxygen atoms in total. The van der Waals surface area contributed by atoms with E-state index in [1.807, 2.05) is 33.0 Å². The standard InChI is InChI=1S/C14H18ClN3OS/c1-14(2)13(19)17(3)6-7-18(14)9-4-5-10(12(16)20)11(15)8-9/h4-5,8H,6-7H2,1-3H3,(H2,16,20). The normalized spacial score (nSPS) is 18.3. The molecule has 2 rings (SSSR count). The molecule has 1 amide bonds. The zero-order valence-electron chi connectivity index (χ0n) is 11.8. The summed E-state index contributed by atoms with van der Waals surface area (Å²) in [7, 11) is 1.82. The first-order valence-electron chi connectivity index (χ1n) is 6.37. The van der Waals surface area contributed by atoms with Gasteiger partial charge in [-0.1, -0.05) is 23.8 Å². The van der Waals surface area contributed by atoms with Gasteiger partial charge in [-0.25, -0.2) is 0 Å². The highest BCUT2D eigenvalue weighted by Crippen LogP contribution is 2.31. The predicted molar refractivity (Wildman–Crippen MR) is 86.4 cm³/mol. The highest BCUT2D eigenvalue weighted by molar-refractivity contribution is 7.80. The summed E-state index contributed by atoms with van der Waals surface area (Å²) in [5, 5.41) is 0.511. The maximum Gasteiger partial charge on any atom is 0.247 e. The molecule has 0 atom stereocenters. The molecular formula is C14H18ClN3OS. The lowest BCUT2D eigenvalue weighted by atomic mass is 9.96. The molecule has 108 valence electrons. The van der Waals surface area contributed by atoms with E-state index in [2.05, 4.69) is 4.90 Å². The topological polar surface area (TPSA) is 49.6 Å². The van der Waals surface area contributed by atoms with Gasteiger partial charge in [0, 0.05) is 31.4 Å². The van der Waals surface area contributed by atoms with Crippen LogP contribution >= 0.6 is 23.8 Å². The first kappa shape index (κ1) is 15.1. The summed E-state index contributed by atoms with van der Waals surface area (Å²) in [5.41, 5.74) is 6.57. The monoisotopic (exact) mass is 311 g/mol. The molecule has 0 aromatic heterocycles. The van der Waals surface area contributed by atoms with Gasteiger partial charge in [0.05, 0.1) is 5.02 Å². The van der Waals surface area contributed by atoms with Crippen LogP contribution in [-0.4, -0.2) is 41.5 Å². The fraction of sp³-hybridized carbons (Fsp3) is 0.429. The molecule has 1 fully saturated rings. The lowest BCUT2D eigenvalue weighted by Crippen LogP contribution is -2.62. The van der Waals surface area contributed by atoms with Gasteiger partial charge in [0.1, 0.15) is 10.5 Å². The van der Waals surface area contributed by atoms with Crippen molar-refractivity contribution < 1.29 is 4.79 Å². The van der Waals surface area contributed by atoms with Gasteiger partial charge in [-0.2, -0.15) is 0 Å². The number of rotatable bonds is 2. The lowest BCUT2D eigenvalue weighted by Gasteiger charge is -2.46. The third-order valence-corrected chi connectivity index (χ3v) is 4.27. The van der Waals surface area contributed by atoms with Crippen LogP contribution < -0.4 is 10.6 Å². The number of carbonyl (C=O) groups is 1. The summed E-state index contributed by atoms with van der Waals surface area (Å²) in [6, 6.07) is 5.52. The van der Waals surface area contributed by atoms with Crippen molar-refractivity contribution in [3.63, 3.8) is 0 Å². The Labute approximate surface area is 129 Å². The average Bonchev–Trinajstić information content (AvgIpc) is 2.35. The van der Waals surface area contributed by atoms with Gasteiger partial charge in [0.25, 0.3) is 0 Å². The number of hydrogen-bond donors (Lipinski definition) is 1. The lowest BCUT2D eigenvalue weighted by molar-refractivity contribution is -0.136. The molecule has 0 unspecified atom stereocenters. The largest absolute Gasteiger partial charge is 0.389 e. The minimum atomic E-state index is -0.596. The van der Waals surface area contributed by atoms with Gasteiger partial charge in [-0.3, -0.25) is 4.79 Å². The minimum absolute atomic E-state index is 0.0956. The van der Waals surface area contributed by atoms with Crippen molar-refractivity contribution in [2.24, 2.45) is 5.73 Å². The van der Waals surface area contributed by atoms with Crippen LogP contribution in [0.3, 0.4) is 0 Å². The maximum absolute atomic E-state index is 12.3. The molecule has 0 saturated carbocycles. The molecule has 1 aromatic rings. The molecule has 0 bridgehead atoms. The van der Waals surface area contributed by atoms with Crippen molar-refractivity contribution in [1.29, 1.82) is 0 Å². The Hall–Kier alpha value is -1.33. The van der Waals surface area contributed by atoms with Gasteiger partial charge in [0.15, 0.2) is 0 Å². The van der Waals surface area contributed by atoms with E-state index in [4.69, 9.17) is 29.6 Å². The van der Waals surface area contributed by atoms with Crippen molar-refractivity contribution in [1.82, 2.24) is 4.90 Å². The van der Waals surface area contributed by atoms with Crippen molar-refractivity contribution >= 4 is 40.4 Å². The zero-order chi connectivity index (χ0) is 15.1. The first-order valence-corrected chi connectivity index (χ1v) is 7.16. The van der Waals surface area contributed by atoms with Gasteiger partial charge in [0.2, 0.25) is 5.91 Å². The number of anilines is 1. The first-order chi connectivity index (χ1) is 9.25. The second-order valence-electron chi connectivity index (χ2n) is 5.47. The molecule has 0 aliphatic carbocycles. The molecular weight excluding hydrogens is 294 g/mol. The van der Waals surface area contributed by atoms with E-state index in [9.17, 15) is 4.79 Å². The van der Waals surface area contributed by atoms with E-state index in [1.54, 1.807) is 11.0 Å². The number of nitrogens with zero attached hydrogens (tertiary/aromatic N) is 2. The quantitative estimate of drug-likeness (QED) is 0.849. The third-order valence-electron chi connectivity index (χ3n) is 3.73. The average molecular weight is 312 g/mol. The number of nitrogens with two attached hydrogens (primary N) is 1. The number of hydrogen-bond acceptors (Lipinski definition) is 3. The van der Waals surface area contributed by atoms with Crippen LogP contribution in [0.25, 0.3) is 0 Å². The fourth-order valence-electron chi connectivity index (χ4n) is 2.54. The summed E-state index contributed by atoms with van der Waals surface area (Å²) in [4.78, 5) is 16.4. The summed E-state index contributed by atoms with van der Waals surface area (Å²) in [6.07, 6.45) is 0. The summed E-state index contributed by atoms with van der Waals surface area (Å²) >= 11 is 11.2. The van der Waals surface area contributed by atoms with Crippen LogP contribution in [-0.2, 0) is 4.79 Å². The van der Waals surface area contributed by atoms with Gasteiger partial charge >= 0.3 is 0 Å². The number of benzene rings is 1. The second-order valence-corrected chi connectivity index (χ2v) is 6.31. The molecule has 6 heteroatoms. The molecule has 20 heavy (non-hydrogen) atoms. The zero-order valence-corrected chi connectivity index (χ0v) is 13.4. The van der Waals surface area contributed by atoms with E-state index in [0.29, 0.717) is 17.1 Å². The second kappa shape index (κ2) is 5.22. The van der Waals surface area contributed by atoms with Gasteiger partial charge in [-0.15, -0.1) is 0 Å². The number of amides is 1. The maximum atomic E-state index is 12.3. The Bertz CT molecular complexity index is 574. The third kappa shape index (κ3) is 2.47. The summed E-state index contributed by atoms with van der Waals surface area (Å²) in [6.45, 7) is 5.29. The Morgan fingerprint density at radius 2 is 2.05 bits per heavy atom. The molecule has 0 spiro atoms. The molecule has 1 aliphatic heterocycles. The fourth-order valence-corrected chi connectivity index (χ4v) is 3.05. The highest BCUT2D eigenvalue weighted by Gasteiger charge is 2.40. The highest BCUT2D eigenvalue weighted by atomic mass is 35.5. The Morgan fingerprint density at radius 3 is 2.60 bits per heavy atom. The van der Waals surface area contributed by atoms with Crippen LogP contribution in [0, 0.1) is 0 Å². The SMILES string of the molecule is CN1CCN(c2ccc(C(N)=S)c(Cl)c2)C(C)(C)C1=O. The smallest absolute Gasteiger partial charge is 0.247 e. The number of likely N-dealkylation sites (N-methyl/N-ethyl adjacent to an activating group) is 1. The molecule has 1 saturated heterocycles. The molecule has 0 radical (unpaired) electrons. The van der Waals surface area contributed by atoms with Crippen molar-refractivity contribution in [2.75, 3.05) is 25.0 Å². The molecule has 1 heterocycles. The Balaban J connectivity index is 2.39. The van der Waals surface area contributed by atoms with E-state index in [-0.39, 0.29) is 10.9 Å². The van der Waals surface area contributed by atoms with Crippen LogP contribution in [0.15, 0.2) is 18.2 Å². The molecule has 1 aromatic carbocycles. The van der Waals surface area contributed by atoms with Crippen LogP contribution in [0.1, 0.15) is 19.4 Å². The van der Waals surface area contributed by atoms with Gasteiger partial charge < -0.3 is 15.5 Å². The van der Waals surface area contributed by atoms with Crippen LogP contribution in [0.5, 0.6) is 0 Å². The van der Waals surface area contributed by atoms with E-state index in [1.165, 1.54) is 0 Å². The number of piperazine rings is 1. The molecule has 1 aliphatic rings. The van der Waals surface area contributed by atoms with Crippen LogP contribution in [0.4, 0.5) is 5.69 Å². The van der Waals surface area contributed by atoms with Crippen molar-refractivity contribution in [3.05, 3.63) is 28.8 Å². The minimum Gasteiger partial charge on any atom is -0.389 e. The summed E-state index contributed by atoms with van der Waals surface area (Å²) < 4.78 is 0. The predicted octanol–water partition coefficient (Wildman–Crippen LogP) is 2.03. The summed E-state index contributed by atoms with van der Waals surface area (Å²) in [5.74, 6) is 0.0956. The molecule has 2 N–H and O–H groups in total.